The Morgan fingerprint density at radius 1 is 1.67 bits per heavy atom. The summed E-state index contributed by atoms with van der Waals surface area (Å²) in [5.74, 6) is 1.12. The highest BCUT2D eigenvalue weighted by atomic mass is 15.3. The van der Waals surface area contributed by atoms with Crippen molar-refractivity contribution in [1.82, 2.24) is 20.1 Å². The summed E-state index contributed by atoms with van der Waals surface area (Å²) in [6.07, 6.45) is 5.42. The summed E-state index contributed by atoms with van der Waals surface area (Å²) in [6.45, 7) is 0.978. The van der Waals surface area contributed by atoms with Crippen molar-refractivity contribution in [1.29, 1.82) is 0 Å². The molecule has 0 aliphatic heterocycles. The molecule has 1 N–H and O–H groups in total. The smallest absolute Gasteiger partial charge is 0.134 e. The molecule has 1 heterocycles. The Bertz CT molecular complexity index is 251. The van der Waals surface area contributed by atoms with Gasteiger partial charge in [-0.3, -0.25) is 0 Å². The van der Waals surface area contributed by atoms with Gasteiger partial charge in [-0.05, 0) is 19.9 Å². The normalized spacial score (nSPS) is 16.8. The minimum atomic E-state index is 0.701. The zero-order valence-corrected chi connectivity index (χ0v) is 7.32. The van der Waals surface area contributed by atoms with Crippen molar-refractivity contribution < 1.29 is 0 Å². The van der Waals surface area contributed by atoms with E-state index in [4.69, 9.17) is 0 Å². The van der Waals surface area contributed by atoms with Crippen LogP contribution in [0.2, 0.25) is 0 Å². The van der Waals surface area contributed by atoms with Crippen LogP contribution in [0.5, 0.6) is 0 Å². The van der Waals surface area contributed by atoms with Crippen LogP contribution in [0.3, 0.4) is 0 Å². The molecule has 0 atom stereocenters. The van der Waals surface area contributed by atoms with Gasteiger partial charge in [0.25, 0.3) is 0 Å². The molecule has 1 saturated carbocycles. The lowest BCUT2D eigenvalue weighted by molar-refractivity contribution is 0.656. The fourth-order valence-electron chi connectivity index (χ4n) is 1.34. The van der Waals surface area contributed by atoms with Gasteiger partial charge in [-0.2, -0.15) is 0 Å². The third-order valence-corrected chi connectivity index (χ3v) is 2.19. The van der Waals surface area contributed by atoms with Crippen molar-refractivity contribution in [3.8, 4) is 0 Å². The number of hydrogen-bond acceptors (Lipinski definition) is 3. The summed E-state index contributed by atoms with van der Waals surface area (Å²) in [5, 5.41) is 11.1. The predicted molar refractivity (Wildman–Crippen MR) is 45.9 cm³/mol. The second-order valence-corrected chi connectivity index (χ2v) is 3.24. The Balaban J connectivity index is 2.03. The number of rotatable bonds is 4. The molecule has 2 rings (SSSR count). The van der Waals surface area contributed by atoms with E-state index in [0.717, 1.165) is 18.8 Å². The molecule has 0 aromatic carbocycles. The molecule has 0 radical (unpaired) electrons. The molecule has 12 heavy (non-hydrogen) atoms. The molecule has 4 nitrogen and oxygen atoms in total. The molecule has 0 spiro atoms. The van der Waals surface area contributed by atoms with E-state index in [2.05, 4.69) is 20.1 Å². The standard InChI is InChI=1S/C8H14N4/c1-9-5-4-8-11-10-6-12(8)7-2-3-7/h6-7,9H,2-5H2,1H3. The van der Waals surface area contributed by atoms with Crippen LogP contribution in [0, 0.1) is 0 Å². The van der Waals surface area contributed by atoms with Gasteiger partial charge >= 0.3 is 0 Å². The van der Waals surface area contributed by atoms with Crippen molar-refractivity contribution in [2.45, 2.75) is 25.3 Å². The monoisotopic (exact) mass is 166 g/mol. The summed E-state index contributed by atoms with van der Waals surface area (Å²) in [5.41, 5.74) is 0. The lowest BCUT2D eigenvalue weighted by Crippen LogP contribution is -2.13. The molecule has 4 heteroatoms. The number of likely N-dealkylation sites (N-methyl/N-ethyl adjacent to an activating group) is 1. The van der Waals surface area contributed by atoms with Crippen molar-refractivity contribution in [2.75, 3.05) is 13.6 Å². The molecule has 1 aliphatic rings. The zero-order chi connectivity index (χ0) is 8.39. The van der Waals surface area contributed by atoms with Crippen molar-refractivity contribution in [2.24, 2.45) is 0 Å². The molecular formula is C8H14N4. The molecule has 1 aromatic rings. The van der Waals surface area contributed by atoms with Gasteiger partial charge in [0.1, 0.15) is 12.2 Å². The molecule has 66 valence electrons. The maximum absolute atomic E-state index is 4.09. The first-order chi connectivity index (χ1) is 5.92. The summed E-state index contributed by atoms with van der Waals surface area (Å²) in [4.78, 5) is 0. The Morgan fingerprint density at radius 2 is 2.50 bits per heavy atom. The van der Waals surface area contributed by atoms with Crippen LogP contribution >= 0.6 is 0 Å². The zero-order valence-electron chi connectivity index (χ0n) is 7.32. The Morgan fingerprint density at radius 3 is 3.17 bits per heavy atom. The number of hydrogen-bond donors (Lipinski definition) is 1. The molecule has 1 aromatic heterocycles. The van der Waals surface area contributed by atoms with Crippen LogP contribution in [0.25, 0.3) is 0 Å². The highest BCUT2D eigenvalue weighted by Gasteiger charge is 2.25. The van der Waals surface area contributed by atoms with Crippen LogP contribution in [0.15, 0.2) is 6.33 Å². The second kappa shape index (κ2) is 3.23. The summed E-state index contributed by atoms with van der Waals surface area (Å²) in [7, 11) is 1.96. The first-order valence-electron chi connectivity index (χ1n) is 4.45. The van der Waals surface area contributed by atoms with E-state index in [-0.39, 0.29) is 0 Å². The Labute approximate surface area is 72.0 Å². The minimum Gasteiger partial charge on any atom is -0.319 e. The van der Waals surface area contributed by atoms with E-state index in [1.807, 2.05) is 13.4 Å². The van der Waals surface area contributed by atoms with E-state index in [9.17, 15) is 0 Å². The van der Waals surface area contributed by atoms with E-state index in [1.54, 1.807) is 0 Å². The lowest BCUT2D eigenvalue weighted by Gasteiger charge is -2.02. The maximum atomic E-state index is 4.09. The summed E-state index contributed by atoms with van der Waals surface area (Å²) >= 11 is 0. The first kappa shape index (κ1) is 7.73. The van der Waals surface area contributed by atoms with Gasteiger partial charge in [-0.25, -0.2) is 0 Å². The van der Waals surface area contributed by atoms with Gasteiger partial charge in [-0.15, -0.1) is 10.2 Å². The van der Waals surface area contributed by atoms with Gasteiger partial charge < -0.3 is 9.88 Å². The number of nitrogens with one attached hydrogen (secondary N) is 1. The average Bonchev–Trinajstić information content (AvgIpc) is 2.83. The van der Waals surface area contributed by atoms with Gasteiger partial charge in [0, 0.05) is 19.0 Å². The third-order valence-electron chi connectivity index (χ3n) is 2.19. The van der Waals surface area contributed by atoms with E-state index in [0.29, 0.717) is 6.04 Å². The molecule has 0 unspecified atom stereocenters. The third kappa shape index (κ3) is 1.48. The van der Waals surface area contributed by atoms with Crippen LogP contribution in [0.1, 0.15) is 24.7 Å². The number of nitrogens with zero attached hydrogens (tertiary/aromatic N) is 3. The van der Waals surface area contributed by atoms with Crippen molar-refractivity contribution in [3.63, 3.8) is 0 Å². The van der Waals surface area contributed by atoms with Crippen LogP contribution < -0.4 is 5.32 Å². The second-order valence-electron chi connectivity index (χ2n) is 3.24. The van der Waals surface area contributed by atoms with Gasteiger partial charge in [-0.1, -0.05) is 0 Å². The summed E-state index contributed by atoms with van der Waals surface area (Å²) < 4.78 is 2.21. The SMILES string of the molecule is CNCCc1nncn1C1CC1. The van der Waals surface area contributed by atoms with E-state index < -0.39 is 0 Å². The molecule has 0 bridgehead atoms. The van der Waals surface area contributed by atoms with Crippen LogP contribution in [0.4, 0.5) is 0 Å². The molecule has 0 amide bonds. The van der Waals surface area contributed by atoms with E-state index >= 15 is 0 Å². The first-order valence-corrected chi connectivity index (χ1v) is 4.45. The Kier molecular flexibility index (Phi) is 2.08. The van der Waals surface area contributed by atoms with Crippen LogP contribution in [-0.4, -0.2) is 28.4 Å². The lowest BCUT2D eigenvalue weighted by atomic mass is 10.4. The van der Waals surface area contributed by atoms with Crippen LogP contribution in [-0.2, 0) is 6.42 Å². The molecule has 1 aliphatic carbocycles. The van der Waals surface area contributed by atoms with E-state index in [1.165, 1.54) is 12.8 Å². The van der Waals surface area contributed by atoms with Gasteiger partial charge in [0.2, 0.25) is 0 Å². The Hall–Kier alpha value is -0.900. The fourth-order valence-corrected chi connectivity index (χ4v) is 1.34. The van der Waals surface area contributed by atoms with Crippen molar-refractivity contribution in [3.05, 3.63) is 12.2 Å². The molecule has 0 saturated heterocycles. The fraction of sp³-hybridized carbons (Fsp3) is 0.750. The predicted octanol–water partition coefficient (Wildman–Crippen LogP) is 0.375. The summed E-state index contributed by atoms with van der Waals surface area (Å²) in [6, 6.07) is 0.701. The largest absolute Gasteiger partial charge is 0.319 e. The maximum Gasteiger partial charge on any atom is 0.134 e. The molecular weight excluding hydrogens is 152 g/mol. The van der Waals surface area contributed by atoms with Crippen molar-refractivity contribution >= 4 is 0 Å². The average molecular weight is 166 g/mol. The molecule has 1 fully saturated rings. The minimum absolute atomic E-state index is 0.701. The number of aromatic nitrogens is 3. The highest BCUT2D eigenvalue weighted by molar-refractivity contribution is 4.95. The van der Waals surface area contributed by atoms with Gasteiger partial charge in [0.05, 0.1) is 0 Å². The van der Waals surface area contributed by atoms with Gasteiger partial charge in [0.15, 0.2) is 0 Å². The quantitative estimate of drug-likeness (QED) is 0.703. The highest BCUT2D eigenvalue weighted by Crippen LogP contribution is 2.35. The topological polar surface area (TPSA) is 42.7 Å².